The number of carbonyl (C=O) groups is 1. The van der Waals surface area contributed by atoms with Gasteiger partial charge in [0.1, 0.15) is 5.54 Å². The molecule has 0 saturated carbocycles. The van der Waals surface area contributed by atoms with Gasteiger partial charge < -0.3 is 15.4 Å². The van der Waals surface area contributed by atoms with Crippen LogP contribution in [0.4, 0.5) is 4.79 Å². The van der Waals surface area contributed by atoms with Gasteiger partial charge in [-0.3, -0.25) is 0 Å². The zero-order valence-corrected chi connectivity index (χ0v) is 7.72. The van der Waals surface area contributed by atoms with Crippen LogP contribution in [0.2, 0.25) is 0 Å². The lowest BCUT2D eigenvalue weighted by molar-refractivity contribution is 0.157. The molecular formula is C9H14N2O2. The van der Waals surface area contributed by atoms with Crippen molar-refractivity contribution >= 4 is 6.09 Å². The first-order valence-corrected chi connectivity index (χ1v) is 4.27. The molecule has 0 spiro atoms. The monoisotopic (exact) mass is 182 g/mol. The number of carbonyl (C=O) groups excluding carboxylic acids is 1. The fourth-order valence-electron chi connectivity index (χ4n) is 1.42. The van der Waals surface area contributed by atoms with E-state index in [-0.39, 0.29) is 0 Å². The Morgan fingerprint density at radius 3 is 3.00 bits per heavy atom. The molecule has 1 aliphatic rings. The molecule has 1 aliphatic heterocycles. The molecule has 0 aliphatic carbocycles. The van der Waals surface area contributed by atoms with Crippen LogP contribution in [0.1, 0.15) is 12.8 Å². The van der Waals surface area contributed by atoms with Crippen LogP contribution >= 0.6 is 0 Å². The van der Waals surface area contributed by atoms with Gasteiger partial charge in [0.2, 0.25) is 0 Å². The highest BCUT2D eigenvalue weighted by Gasteiger charge is 2.31. The van der Waals surface area contributed by atoms with Gasteiger partial charge in [0, 0.05) is 6.54 Å². The highest BCUT2D eigenvalue weighted by Crippen LogP contribution is 2.14. The molecule has 0 aromatic heterocycles. The lowest BCUT2D eigenvalue weighted by atomic mass is 9.91. The predicted molar refractivity (Wildman–Crippen MR) is 49.2 cm³/mol. The molecule has 0 aromatic carbocycles. The fraction of sp³-hybridized carbons (Fsp3) is 0.667. The van der Waals surface area contributed by atoms with Gasteiger partial charge >= 0.3 is 6.09 Å². The molecule has 1 amide bonds. The third-order valence-corrected chi connectivity index (χ3v) is 2.19. The van der Waals surface area contributed by atoms with E-state index in [4.69, 9.17) is 6.42 Å². The smallest absolute Gasteiger partial charge is 0.408 e. The summed E-state index contributed by atoms with van der Waals surface area (Å²) in [5.41, 5.74) is -0.564. The number of nitrogens with one attached hydrogen (secondary N) is 2. The van der Waals surface area contributed by atoms with E-state index in [1.807, 2.05) is 0 Å². The van der Waals surface area contributed by atoms with E-state index in [9.17, 15) is 4.79 Å². The topological polar surface area (TPSA) is 50.4 Å². The van der Waals surface area contributed by atoms with Crippen LogP contribution in [0.25, 0.3) is 0 Å². The van der Waals surface area contributed by atoms with Crippen LogP contribution in [0.15, 0.2) is 0 Å². The standard InChI is InChI=1S/C9H14N2O2/c1-3-9(11-8(12)13-2)5-4-6-10-7-9/h1,10H,4-7H2,2H3,(H,11,12). The molecular weight excluding hydrogens is 168 g/mol. The first-order valence-electron chi connectivity index (χ1n) is 4.27. The molecule has 13 heavy (non-hydrogen) atoms. The number of alkyl carbamates (subject to hydrolysis) is 1. The number of ether oxygens (including phenoxy) is 1. The lowest BCUT2D eigenvalue weighted by Crippen LogP contribution is -2.56. The predicted octanol–water partition coefficient (Wildman–Crippen LogP) is 0.0978. The van der Waals surface area contributed by atoms with Crippen molar-refractivity contribution in [3.05, 3.63) is 0 Å². The van der Waals surface area contributed by atoms with Crippen LogP contribution in [0, 0.1) is 12.3 Å². The Morgan fingerprint density at radius 2 is 2.54 bits per heavy atom. The van der Waals surface area contributed by atoms with Gasteiger partial charge in [0.25, 0.3) is 0 Å². The lowest BCUT2D eigenvalue weighted by Gasteiger charge is -2.33. The van der Waals surface area contributed by atoms with Gasteiger partial charge in [-0.1, -0.05) is 5.92 Å². The molecule has 0 aromatic rings. The summed E-state index contributed by atoms with van der Waals surface area (Å²) in [5.74, 6) is 2.61. The van der Waals surface area contributed by atoms with E-state index < -0.39 is 11.6 Å². The van der Waals surface area contributed by atoms with Crippen LogP contribution in [0.5, 0.6) is 0 Å². The van der Waals surface area contributed by atoms with E-state index in [1.54, 1.807) is 0 Å². The molecule has 1 saturated heterocycles. The zero-order valence-electron chi connectivity index (χ0n) is 7.72. The van der Waals surface area contributed by atoms with Crippen molar-refractivity contribution in [3.8, 4) is 12.3 Å². The maximum absolute atomic E-state index is 11.0. The largest absolute Gasteiger partial charge is 0.453 e. The molecule has 1 atom stereocenters. The zero-order chi connectivity index (χ0) is 9.73. The summed E-state index contributed by atoms with van der Waals surface area (Å²) >= 11 is 0. The number of hydrogen-bond donors (Lipinski definition) is 2. The van der Waals surface area contributed by atoms with Gasteiger partial charge in [0.05, 0.1) is 7.11 Å². The van der Waals surface area contributed by atoms with Crippen LogP contribution < -0.4 is 10.6 Å². The second kappa shape index (κ2) is 4.15. The van der Waals surface area contributed by atoms with Gasteiger partial charge in [0.15, 0.2) is 0 Å². The Hall–Kier alpha value is -1.21. The molecule has 4 heteroatoms. The van der Waals surface area contributed by atoms with Gasteiger partial charge in [-0.25, -0.2) is 4.79 Å². The van der Waals surface area contributed by atoms with Gasteiger partial charge in [-0.15, -0.1) is 6.42 Å². The van der Waals surface area contributed by atoms with Crippen molar-refractivity contribution in [2.45, 2.75) is 18.4 Å². The van der Waals surface area contributed by atoms with Crippen molar-refractivity contribution in [1.29, 1.82) is 0 Å². The number of methoxy groups -OCH3 is 1. The Labute approximate surface area is 78.0 Å². The van der Waals surface area contributed by atoms with Crippen molar-refractivity contribution in [3.63, 3.8) is 0 Å². The van der Waals surface area contributed by atoms with E-state index in [0.717, 1.165) is 19.4 Å². The molecule has 1 heterocycles. The van der Waals surface area contributed by atoms with Gasteiger partial charge in [-0.2, -0.15) is 0 Å². The van der Waals surface area contributed by atoms with Crippen LogP contribution in [0.3, 0.4) is 0 Å². The molecule has 4 nitrogen and oxygen atoms in total. The molecule has 72 valence electrons. The minimum Gasteiger partial charge on any atom is -0.453 e. The van der Waals surface area contributed by atoms with Crippen molar-refractivity contribution < 1.29 is 9.53 Å². The molecule has 0 radical (unpaired) electrons. The van der Waals surface area contributed by atoms with Crippen LogP contribution in [-0.2, 0) is 4.74 Å². The van der Waals surface area contributed by atoms with E-state index >= 15 is 0 Å². The second-order valence-electron chi connectivity index (χ2n) is 3.12. The Bertz CT molecular complexity index is 226. The summed E-state index contributed by atoms with van der Waals surface area (Å²) < 4.78 is 4.51. The third-order valence-electron chi connectivity index (χ3n) is 2.19. The maximum atomic E-state index is 11.0. The summed E-state index contributed by atoms with van der Waals surface area (Å²) in [7, 11) is 1.33. The summed E-state index contributed by atoms with van der Waals surface area (Å²) in [6, 6.07) is 0. The Balaban J connectivity index is 2.59. The molecule has 2 N–H and O–H groups in total. The molecule has 1 rings (SSSR count). The number of hydrogen-bond acceptors (Lipinski definition) is 3. The second-order valence-corrected chi connectivity index (χ2v) is 3.12. The first kappa shape index (κ1) is 9.87. The first-order chi connectivity index (χ1) is 6.22. The minimum absolute atomic E-state index is 0.471. The summed E-state index contributed by atoms with van der Waals surface area (Å²) in [6.45, 7) is 1.56. The minimum atomic E-state index is -0.564. The molecule has 1 fully saturated rings. The summed E-state index contributed by atoms with van der Waals surface area (Å²) in [5, 5.41) is 5.82. The number of amides is 1. The third kappa shape index (κ3) is 2.36. The van der Waals surface area contributed by atoms with E-state index in [0.29, 0.717) is 6.54 Å². The fourth-order valence-corrected chi connectivity index (χ4v) is 1.42. The summed E-state index contributed by atoms with van der Waals surface area (Å²) in [6.07, 6.45) is 6.67. The number of terminal acetylenes is 1. The normalized spacial score (nSPS) is 27.4. The van der Waals surface area contributed by atoms with Crippen LogP contribution in [-0.4, -0.2) is 31.8 Å². The highest BCUT2D eigenvalue weighted by molar-refractivity contribution is 5.69. The van der Waals surface area contributed by atoms with Crippen molar-refractivity contribution in [2.75, 3.05) is 20.2 Å². The van der Waals surface area contributed by atoms with E-state index in [1.165, 1.54) is 7.11 Å². The number of rotatable bonds is 1. The van der Waals surface area contributed by atoms with E-state index in [2.05, 4.69) is 21.3 Å². The maximum Gasteiger partial charge on any atom is 0.408 e. The average Bonchev–Trinajstić information content (AvgIpc) is 2.19. The van der Waals surface area contributed by atoms with Crippen molar-refractivity contribution in [1.82, 2.24) is 10.6 Å². The average molecular weight is 182 g/mol. The SMILES string of the molecule is C#CC1(NC(=O)OC)CCCNC1. The summed E-state index contributed by atoms with van der Waals surface area (Å²) in [4.78, 5) is 11.0. The van der Waals surface area contributed by atoms with Gasteiger partial charge in [-0.05, 0) is 19.4 Å². The molecule has 0 bridgehead atoms. The Kier molecular flexibility index (Phi) is 3.15. The Morgan fingerprint density at radius 1 is 1.77 bits per heavy atom. The van der Waals surface area contributed by atoms with Crippen molar-refractivity contribution in [2.24, 2.45) is 0 Å². The quantitative estimate of drug-likeness (QED) is 0.565. The highest BCUT2D eigenvalue weighted by atomic mass is 16.5. The molecule has 1 unspecified atom stereocenters. The number of piperidine rings is 1.